The third kappa shape index (κ3) is 4.65. The number of carbonyl (C=O) groups excluding carboxylic acids is 2. The molecule has 0 spiro atoms. The number of ether oxygens (including phenoxy) is 1. The molecule has 0 fully saturated rings. The molecule has 0 saturated heterocycles. The molecular weight excluding hydrogens is 332 g/mol. The smallest absolute Gasteiger partial charge is 0.410 e. The summed E-state index contributed by atoms with van der Waals surface area (Å²) in [6.07, 6.45) is 3.88. The van der Waals surface area contributed by atoms with Gasteiger partial charge in [0, 0.05) is 32.7 Å². The molecule has 2 rings (SSSR count). The number of carbonyl (C=O) groups is 2. The average Bonchev–Trinajstić information content (AvgIpc) is 2.89. The summed E-state index contributed by atoms with van der Waals surface area (Å²) in [7, 11) is 3.61. The minimum atomic E-state index is -0.529. The fourth-order valence-electron chi connectivity index (χ4n) is 2.98. The van der Waals surface area contributed by atoms with Crippen LogP contribution in [0, 0.1) is 0 Å². The maximum absolute atomic E-state index is 12.7. The number of hydrogen-bond acceptors (Lipinski definition) is 4. The van der Waals surface area contributed by atoms with Gasteiger partial charge in [0.2, 0.25) is 0 Å². The Morgan fingerprint density at radius 2 is 2.08 bits per heavy atom. The summed E-state index contributed by atoms with van der Waals surface area (Å²) in [6.45, 7) is 10.8. The van der Waals surface area contributed by atoms with Gasteiger partial charge in [-0.1, -0.05) is 6.08 Å². The van der Waals surface area contributed by atoms with Crippen LogP contribution < -0.4 is 0 Å². The van der Waals surface area contributed by atoms with E-state index in [4.69, 9.17) is 4.74 Å². The number of allylic oxidation sites excluding steroid dienone is 1. The van der Waals surface area contributed by atoms with Crippen molar-refractivity contribution in [3.63, 3.8) is 0 Å². The Labute approximate surface area is 155 Å². The van der Waals surface area contributed by atoms with E-state index >= 15 is 0 Å². The Hall–Kier alpha value is -2.31. The highest BCUT2D eigenvalue weighted by atomic mass is 16.6. The molecule has 0 radical (unpaired) electrons. The maximum Gasteiger partial charge on any atom is 0.410 e. The van der Waals surface area contributed by atoms with Crippen molar-refractivity contribution in [2.24, 2.45) is 7.05 Å². The molecule has 2 amide bonds. The van der Waals surface area contributed by atoms with E-state index in [0.717, 1.165) is 24.1 Å². The van der Waals surface area contributed by atoms with Crippen LogP contribution in [0.15, 0.2) is 12.7 Å². The standard InChI is InChI=1S/C19H30N4O3/c1-7-8-9-11-21(5)17(24)16-14-10-12-23(13-15(14)22(6)20-16)18(25)26-19(2,3)4/h7H,1,8-13H2,2-6H3. The Kier molecular flexibility index (Phi) is 6.10. The Balaban J connectivity index is 2.12. The van der Waals surface area contributed by atoms with Crippen LogP contribution in [0.2, 0.25) is 0 Å². The largest absolute Gasteiger partial charge is 0.444 e. The van der Waals surface area contributed by atoms with Gasteiger partial charge in [-0.25, -0.2) is 4.79 Å². The zero-order valence-corrected chi connectivity index (χ0v) is 16.5. The minimum Gasteiger partial charge on any atom is -0.444 e. The van der Waals surface area contributed by atoms with E-state index in [-0.39, 0.29) is 12.0 Å². The summed E-state index contributed by atoms with van der Waals surface area (Å²) in [5, 5.41) is 4.44. The number of aryl methyl sites for hydroxylation is 1. The van der Waals surface area contributed by atoms with E-state index in [9.17, 15) is 9.59 Å². The summed E-state index contributed by atoms with van der Waals surface area (Å²) >= 11 is 0. The van der Waals surface area contributed by atoms with E-state index < -0.39 is 5.60 Å². The lowest BCUT2D eigenvalue weighted by molar-refractivity contribution is 0.0219. The molecule has 0 unspecified atom stereocenters. The SMILES string of the molecule is C=CCCCN(C)C(=O)c1nn(C)c2c1CCN(C(=O)OC(C)(C)C)C2. The van der Waals surface area contributed by atoms with Gasteiger partial charge in [-0.3, -0.25) is 9.48 Å². The normalized spacial score (nSPS) is 14.0. The van der Waals surface area contributed by atoms with Crippen molar-refractivity contribution in [2.75, 3.05) is 20.1 Å². The highest BCUT2D eigenvalue weighted by molar-refractivity contribution is 5.94. The van der Waals surface area contributed by atoms with Crippen molar-refractivity contribution in [3.8, 4) is 0 Å². The lowest BCUT2D eigenvalue weighted by atomic mass is 10.0. The van der Waals surface area contributed by atoms with Gasteiger partial charge in [0.15, 0.2) is 5.69 Å². The van der Waals surface area contributed by atoms with Crippen LogP contribution in [-0.2, 0) is 24.8 Å². The summed E-state index contributed by atoms with van der Waals surface area (Å²) < 4.78 is 7.16. The van der Waals surface area contributed by atoms with Gasteiger partial charge in [0.25, 0.3) is 5.91 Å². The van der Waals surface area contributed by atoms with Crippen molar-refractivity contribution >= 4 is 12.0 Å². The Morgan fingerprint density at radius 1 is 1.38 bits per heavy atom. The number of rotatable bonds is 5. The van der Waals surface area contributed by atoms with Crippen molar-refractivity contribution in [1.29, 1.82) is 0 Å². The van der Waals surface area contributed by atoms with Crippen molar-refractivity contribution in [3.05, 3.63) is 29.6 Å². The summed E-state index contributed by atoms with van der Waals surface area (Å²) in [6, 6.07) is 0. The van der Waals surface area contributed by atoms with E-state index in [1.54, 1.807) is 21.5 Å². The lowest BCUT2D eigenvalue weighted by Crippen LogP contribution is -2.40. The van der Waals surface area contributed by atoms with Crippen LogP contribution in [-0.4, -0.2) is 57.3 Å². The first-order chi connectivity index (χ1) is 12.1. The van der Waals surface area contributed by atoms with Crippen molar-refractivity contribution in [1.82, 2.24) is 19.6 Å². The highest BCUT2D eigenvalue weighted by Crippen LogP contribution is 2.24. The second kappa shape index (κ2) is 7.93. The Morgan fingerprint density at radius 3 is 2.69 bits per heavy atom. The molecule has 7 heteroatoms. The molecule has 1 aromatic heterocycles. The molecule has 0 saturated carbocycles. The van der Waals surface area contributed by atoms with Gasteiger partial charge in [-0.2, -0.15) is 5.10 Å². The molecule has 2 heterocycles. The summed E-state index contributed by atoms with van der Waals surface area (Å²) in [5.41, 5.74) is 1.80. The van der Waals surface area contributed by atoms with Crippen molar-refractivity contribution in [2.45, 2.75) is 52.2 Å². The van der Waals surface area contributed by atoms with Gasteiger partial charge in [0.05, 0.1) is 12.2 Å². The van der Waals surface area contributed by atoms with E-state index in [2.05, 4.69) is 11.7 Å². The number of hydrogen-bond donors (Lipinski definition) is 0. The third-order valence-electron chi connectivity index (χ3n) is 4.35. The second-order valence-corrected chi connectivity index (χ2v) is 7.71. The first-order valence-corrected chi connectivity index (χ1v) is 9.03. The summed E-state index contributed by atoms with van der Waals surface area (Å²) in [5.74, 6) is -0.0726. The predicted molar refractivity (Wildman–Crippen MR) is 99.9 cm³/mol. The fraction of sp³-hybridized carbons (Fsp3) is 0.632. The molecule has 0 bridgehead atoms. The average molecular weight is 362 g/mol. The van der Waals surface area contributed by atoms with Gasteiger partial charge in [-0.15, -0.1) is 6.58 Å². The maximum atomic E-state index is 12.7. The molecule has 0 N–H and O–H groups in total. The molecule has 0 atom stereocenters. The van der Waals surface area contributed by atoms with Crippen LogP contribution in [0.4, 0.5) is 4.79 Å². The number of unbranched alkanes of at least 4 members (excludes halogenated alkanes) is 1. The molecule has 0 aromatic carbocycles. The van der Waals surface area contributed by atoms with Crippen LogP contribution in [0.25, 0.3) is 0 Å². The number of nitrogens with zero attached hydrogens (tertiary/aromatic N) is 4. The predicted octanol–water partition coefficient (Wildman–Crippen LogP) is 2.75. The molecule has 26 heavy (non-hydrogen) atoms. The number of fused-ring (bicyclic) bond motifs is 1. The van der Waals surface area contributed by atoms with Crippen LogP contribution in [0.3, 0.4) is 0 Å². The van der Waals surface area contributed by atoms with Gasteiger partial charge < -0.3 is 14.5 Å². The topological polar surface area (TPSA) is 67.7 Å². The Bertz CT molecular complexity index is 688. The van der Waals surface area contributed by atoms with E-state index in [1.807, 2.05) is 33.9 Å². The van der Waals surface area contributed by atoms with Crippen LogP contribution >= 0.6 is 0 Å². The molecule has 1 aromatic rings. The van der Waals surface area contributed by atoms with Crippen molar-refractivity contribution < 1.29 is 14.3 Å². The molecule has 144 valence electrons. The highest BCUT2D eigenvalue weighted by Gasteiger charge is 2.31. The minimum absolute atomic E-state index is 0.0726. The third-order valence-corrected chi connectivity index (χ3v) is 4.35. The number of amides is 2. The monoisotopic (exact) mass is 362 g/mol. The second-order valence-electron chi connectivity index (χ2n) is 7.71. The van der Waals surface area contributed by atoms with Crippen LogP contribution in [0.1, 0.15) is 55.4 Å². The van der Waals surface area contributed by atoms with Gasteiger partial charge >= 0.3 is 6.09 Å². The number of aromatic nitrogens is 2. The molecule has 0 aliphatic carbocycles. The van der Waals surface area contributed by atoms with Crippen LogP contribution in [0.5, 0.6) is 0 Å². The molecule has 7 nitrogen and oxygen atoms in total. The summed E-state index contributed by atoms with van der Waals surface area (Å²) in [4.78, 5) is 28.4. The van der Waals surface area contributed by atoms with Gasteiger partial charge in [0.1, 0.15) is 5.60 Å². The molecular formula is C19H30N4O3. The van der Waals surface area contributed by atoms with E-state index in [0.29, 0.717) is 31.7 Å². The van der Waals surface area contributed by atoms with E-state index in [1.165, 1.54) is 0 Å². The first kappa shape index (κ1) is 20.0. The fourth-order valence-corrected chi connectivity index (χ4v) is 2.98. The molecule has 1 aliphatic heterocycles. The zero-order valence-electron chi connectivity index (χ0n) is 16.5. The zero-order chi connectivity index (χ0) is 19.5. The first-order valence-electron chi connectivity index (χ1n) is 9.03. The quantitative estimate of drug-likeness (QED) is 0.597. The lowest BCUT2D eigenvalue weighted by Gasteiger charge is -2.30. The molecule has 1 aliphatic rings. The van der Waals surface area contributed by atoms with Gasteiger partial charge in [-0.05, 0) is 40.0 Å².